The number of hydrogen-bond donors (Lipinski definition) is 0. The third-order valence-corrected chi connectivity index (χ3v) is 4.13. The van der Waals surface area contributed by atoms with Crippen molar-refractivity contribution in [2.45, 2.75) is 12.7 Å². The molecule has 0 fully saturated rings. The number of halogens is 4. The van der Waals surface area contributed by atoms with Gasteiger partial charge < -0.3 is 9.13 Å². The van der Waals surface area contributed by atoms with E-state index in [0.717, 1.165) is 11.0 Å². The van der Waals surface area contributed by atoms with Crippen molar-refractivity contribution >= 4 is 33.8 Å². The third-order valence-electron chi connectivity index (χ3n) is 3.87. The summed E-state index contributed by atoms with van der Waals surface area (Å²) in [5.41, 5.74) is 1.85. The second-order valence-corrected chi connectivity index (χ2v) is 5.81. The molecule has 1 aromatic carbocycles. The number of hydrogen-bond acceptors (Lipinski definition) is 4. The fraction of sp³-hybridized carbons (Fsp3) is 0.200. The predicted molar refractivity (Wildman–Crippen MR) is 85.2 cm³/mol. The van der Waals surface area contributed by atoms with Crippen molar-refractivity contribution in [3.63, 3.8) is 0 Å². The summed E-state index contributed by atoms with van der Waals surface area (Å²) in [4.78, 5) is 15.4. The highest BCUT2D eigenvalue weighted by Crippen LogP contribution is 2.30. The van der Waals surface area contributed by atoms with E-state index in [1.807, 2.05) is 35.9 Å². The molecule has 0 N–H and O–H groups in total. The molecule has 0 radical (unpaired) electrons. The van der Waals surface area contributed by atoms with Gasteiger partial charge in [-0.15, -0.1) is 0 Å². The molecule has 0 aliphatic heterocycles. The van der Waals surface area contributed by atoms with Crippen LogP contribution in [0.15, 0.2) is 30.6 Å². The van der Waals surface area contributed by atoms with Crippen molar-refractivity contribution in [2.24, 2.45) is 7.05 Å². The minimum atomic E-state index is -4.69. The fourth-order valence-corrected chi connectivity index (χ4v) is 2.85. The van der Waals surface area contributed by atoms with Crippen LogP contribution in [0.2, 0.25) is 5.15 Å². The lowest BCUT2D eigenvalue weighted by molar-refractivity contribution is -0.144. The first kappa shape index (κ1) is 15.8. The zero-order chi connectivity index (χ0) is 17.8. The van der Waals surface area contributed by atoms with E-state index < -0.39 is 12.0 Å². The lowest BCUT2D eigenvalue weighted by Crippen LogP contribution is -2.13. The van der Waals surface area contributed by atoms with E-state index in [0.29, 0.717) is 5.82 Å². The zero-order valence-electron chi connectivity index (χ0n) is 12.8. The molecule has 0 unspecified atom stereocenters. The van der Waals surface area contributed by atoms with Crippen LogP contribution in [0, 0.1) is 0 Å². The van der Waals surface area contributed by atoms with Gasteiger partial charge in [0.25, 0.3) is 0 Å². The van der Waals surface area contributed by atoms with Gasteiger partial charge in [0, 0.05) is 7.05 Å². The second-order valence-electron chi connectivity index (χ2n) is 5.46. The van der Waals surface area contributed by atoms with Gasteiger partial charge >= 0.3 is 6.18 Å². The topological polar surface area (TPSA) is 61.4 Å². The van der Waals surface area contributed by atoms with Crippen molar-refractivity contribution < 1.29 is 13.2 Å². The van der Waals surface area contributed by atoms with Crippen molar-refractivity contribution in [1.82, 2.24) is 29.1 Å². The van der Waals surface area contributed by atoms with E-state index in [4.69, 9.17) is 11.6 Å². The van der Waals surface area contributed by atoms with Gasteiger partial charge in [-0.25, -0.2) is 19.9 Å². The highest BCUT2D eigenvalue weighted by Gasteiger charge is 2.36. The molecular formula is C15H10ClF3N6. The Kier molecular flexibility index (Phi) is 3.43. The Bertz CT molecular complexity index is 1100. The highest BCUT2D eigenvalue weighted by atomic mass is 35.5. The van der Waals surface area contributed by atoms with Gasteiger partial charge in [-0.1, -0.05) is 23.7 Å². The molecule has 0 bridgehead atoms. The van der Waals surface area contributed by atoms with Crippen LogP contribution in [0.25, 0.3) is 22.2 Å². The molecule has 0 saturated heterocycles. The van der Waals surface area contributed by atoms with Gasteiger partial charge in [-0.05, 0) is 12.1 Å². The first-order chi connectivity index (χ1) is 11.8. The van der Waals surface area contributed by atoms with Gasteiger partial charge in [-0.2, -0.15) is 13.2 Å². The zero-order valence-corrected chi connectivity index (χ0v) is 13.5. The maximum Gasteiger partial charge on any atom is 0.451 e. The van der Waals surface area contributed by atoms with Gasteiger partial charge in [0.05, 0.1) is 23.9 Å². The molecule has 0 amide bonds. The molecule has 3 aromatic heterocycles. The molecule has 4 aromatic rings. The summed E-state index contributed by atoms with van der Waals surface area (Å²) >= 11 is 5.83. The van der Waals surface area contributed by atoms with Crippen molar-refractivity contribution in [3.8, 4) is 0 Å². The van der Waals surface area contributed by atoms with Crippen LogP contribution in [0.1, 0.15) is 11.6 Å². The number of aryl methyl sites for hydroxylation is 1. The Morgan fingerprint density at radius 2 is 1.88 bits per heavy atom. The van der Waals surface area contributed by atoms with E-state index in [1.54, 1.807) is 0 Å². The van der Waals surface area contributed by atoms with Gasteiger partial charge in [0.2, 0.25) is 5.82 Å². The largest absolute Gasteiger partial charge is 0.451 e. The smallest absolute Gasteiger partial charge is 0.330 e. The number of para-hydroxylation sites is 2. The fourth-order valence-electron chi connectivity index (χ4n) is 2.64. The maximum absolute atomic E-state index is 12.9. The second kappa shape index (κ2) is 5.41. The molecule has 0 aliphatic rings. The summed E-state index contributed by atoms with van der Waals surface area (Å²) in [7, 11) is 1.84. The summed E-state index contributed by atoms with van der Waals surface area (Å²) in [6.07, 6.45) is -3.31. The number of fused-ring (bicyclic) bond motifs is 2. The molecule has 0 atom stereocenters. The lowest BCUT2D eigenvalue weighted by atomic mass is 10.3. The van der Waals surface area contributed by atoms with Crippen LogP contribution in [-0.2, 0) is 19.8 Å². The Labute approximate surface area is 143 Å². The van der Waals surface area contributed by atoms with Gasteiger partial charge in [-0.3, -0.25) is 0 Å². The summed E-state index contributed by atoms with van der Waals surface area (Å²) in [6.45, 7) is 0.201. The van der Waals surface area contributed by atoms with Gasteiger partial charge in [0.1, 0.15) is 11.3 Å². The Morgan fingerprint density at radius 3 is 2.60 bits per heavy atom. The standard InChI is InChI=1S/C15H10ClF3N6/c1-24-9-5-3-2-4-8(9)21-10(24)6-25-7-20-11-12(16)22-14(15(17,18)19)23-13(11)25/h2-5,7H,6H2,1H3. The van der Waals surface area contributed by atoms with Crippen molar-refractivity contribution in [3.05, 3.63) is 47.4 Å². The molecule has 3 heterocycles. The number of imidazole rings is 2. The average Bonchev–Trinajstić information content (AvgIpc) is 3.10. The summed E-state index contributed by atoms with van der Waals surface area (Å²) in [6, 6.07) is 7.54. The van der Waals surface area contributed by atoms with Crippen LogP contribution >= 0.6 is 11.6 Å². The van der Waals surface area contributed by atoms with Crippen LogP contribution < -0.4 is 0 Å². The van der Waals surface area contributed by atoms with E-state index in [-0.39, 0.29) is 22.9 Å². The molecule has 0 aliphatic carbocycles. The van der Waals surface area contributed by atoms with E-state index in [2.05, 4.69) is 19.9 Å². The van der Waals surface area contributed by atoms with E-state index >= 15 is 0 Å². The number of aromatic nitrogens is 6. The number of benzene rings is 1. The molecule has 128 valence electrons. The van der Waals surface area contributed by atoms with E-state index in [1.165, 1.54) is 10.9 Å². The Balaban J connectivity index is 1.83. The SMILES string of the molecule is Cn1c(Cn2cnc3c(Cl)nc(C(F)(F)F)nc32)nc2ccccc21. The average molecular weight is 367 g/mol. The summed E-state index contributed by atoms with van der Waals surface area (Å²) in [5.74, 6) is -0.638. The van der Waals surface area contributed by atoms with Crippen LogP contribution in [0.3, 0.4) is 0 Å². The molecule has 25 heavy (non-hydrogen) atoms. The van der Waals surface area contributed by atoms with E-state index in [9.17, 15) is 13.2 Å². The molecule has 0 spiro atoms. The minimum Gasteiger partial charge on any atom is -0.330 e. The molecule has 6 nitrogen and oxygen atoms in total. The Morgan fingerprint density at radius 1 is 1.12 bits per heavy atom. The lowest BCUT2D eigenvalue weighted by Gasteiger charge is -2.07. The predicted octanol–water partition coefficient (Wildman–Crippen LogP) is 3.43. The molecule has 0 saturated carbocycles. The summed E-state index contributed by atoms with van der Waals surface area (Å²) in [5, 5.41) is -0.332. The monoisotopic (exact) mass is 366 g/mol. The first-order valence-electron chi connectivity index (χ1n) is 7.20. The van der Waals surface area contributed by atoms with Crippen molar-refractivity contribution in [1.29, 1.82) is 0 Å². The first-order valence-corrected chi connectivity index (χ1v) is 7.58. The maximum atomic E-state index is 12.9. The number of nitrogens with zero attached hydrogens (tertiary/aromatic N) is 6. The van der Waals surface area contributed by atoms with Crippen LogP contribution in [0.5, 0.6) is 0 Å². The normalized spacial score (nSPS) is 12.4. The van der Waals surface area contributed by atoms with Crippen molar-refractivity contribution in [2.75, 3.05) is 0 Å². The number of rotatable bonds is 2. The summed E-state index contributed by atoms with van der Waals surface area (Å²) < 4.78 is 42.1. The molecular weight excluding hydrogens is 357 g/mol. The number of alkyl halides is 3. The highest BCUT2D eigenvalue weighted by molar-refractivity contribution is 6.33. The van der Waals surface area contributed by atoms with Crippen LogP contribution in [0.4, 0.5) is 13.2 Å². The minimum absolute atomic E-state index is 0.0133. The quantitative estimate of drug-likeness (QED) is 0.510. The molecule has 10 heteroatoms. The Hall–Kier alpha value is -2.68. The van der Waals surface area contributed by atoms with Crippen LogP contribution in [-0.4, -0.2) is 29.1 Å². The van der Waals surface area contributed by atoms with Gasteiger partial charge in [0.15, 0.2) is 10.8 Å². The third kappa shape index (κ3) is 2.60. The molecule has 4 rings (SSSR count).